The van der Waals surface area contributed by atoms with Crippen LogP contribution in [0.3, 0.4) is 0 Å². The topological polar surface area (TPSA) is 35.5 Å². The zero-order valence-corrected chi connectivity index (χ0v) is 10.5. The van der Waals surface area contributed by atoms with Gasteiger partial charge < -0.3 is 9.47 Å². The summed E-state index contributed by atoms with van der Waals surface area (Å²) in [7, 11) is 0. The second-order valence-electron chi connectivity index (χ2n) is 3.79. The summed E-state index contributed by atoms with van der Waals surface area (Å²) in [6, 6.07) is 7.56. The maximum Gasteiger partial charge on any atom is 0.331 e. The van der Waals surface area contributed by atoms with Crippen molar-refractivity contribution in [3.8, 4) is 5.75 Å². The monoisotopic (exact) mass is 234 g/mol. The van der Waals surface area contributed by atoms with E-state index in [0.29, 0.717) is 6.61 Å². The number of hydrogen-bond donors (Lipinski definition) is 0. The number of rotatable bonds is 5. The number of esters is 1. The Kier molecular flexibility index (Phi) is 5.27. The number of hydrogen-bond acceptors (Lipinski definition) is 3. The fourth-order valence-electron chi connectivity index (χ4n) is 1.33. The quantitative estimate of drug-likeness (QED) is 0.580. The van der Waals surface area contributed by atoms with Crippen molar-refractivity contribution in [2.24, 2.45) is 0 Å². The first-order valence-electron chi connectivity index (χ1n) is 5.74. The zero-order valence-electron chi connectivity index (χ0n) is 10.5. The molecule has 0 fully saturated rings. The van der Waals surface area contributed by atoms with Crippen molar-refractivity contribution >= 4 is 12.0 Å². The maximum absolute atomic E-state index is 11.3. The van der Waals surface area contributed by atoms with Crippen LogP contribution in [-0.4, -0.2) is 18.7 Å². The van der Waals surface area contributed by atoms with Gasteiger partial charge in [-0.05, 0) is 32.9 Å². The van der Waals surface area contributed by atoms with E-state index < -0.39 is 0 Å². The Balaban J connectivity index is 2.73. The summed E-state index contributed by atoms with van der Waals surface area (Å²) in [4.78, 5) is 11.3. The lowest BCUT2D eigenvalue weighted by molar-refractivity contribution is -0.141. The molecule has 17 heavy (non-hydrogen) atoms. The molecule has 0 aliphatic rings. The predicted octanol–water partition coefficient (Wildman–Crippen LogP) is 3.05. The Morgan fingerprint density at radius 2 is 2.06 bits per heavy atom. The number of carbonyl (C=O) groups is 1. The van der Waals surface area contributed by atoms with Crippen molar-refractivity contribution in [3.05, 3.63) is 35.9 Å². The largest absolute Gasteiger partial charge is 0.493 e. The molecular formula is C14H18O3. The first-order chi connectivity index (χ1) is 8.13. The number of ether oxygens (including phenoxy) is 2. The van der Waals surface area contributed by atoms with Gasteiger partial charge in [-0.2, -0.15) is 0 Å². The Hall–Kier alpha value is -1.77. The molecule has 0 aliphatic carbocycles. The molecule has 0 spiro atoms. The van der Waals surface area contributed by atoms with Crippen molar-refractivity contribution in [1.82, 2.24) is 0 Å². The minimum absolute atomic E-state index is 0.103. The van der Waals surface area contributed by atoms with Gasteiger partial charge in [-0.15, -0.1) is 0 Å². The van der Waals surface area contributed by atoms with Gasteiger partial charge >= 0.3 is 5.97 Å². The predicted molar refractivity (Wildman–Crippen MR) is 67.9 cm³/mol. The molecule has 0 aliphatic heterocycles. The van der Waals surface area contributed by atoms with Crippen LogP contribution in [0, 0.1) is 0 Å². The SMILES string of the molecule is CCOc1ccccc1C=CC(=O)OC(C)C. The van der Waals surface area contributed by atoms with E-state index >= 15 is 0 Å². The van der Waals surface area contributed by atoms with Gasteiger partial charge in [0.25, 0.3) is 0 Å². The first-order valence-corrected chi connectivity index (χ1v) is 5.74. The summed E-state index contributed by atoms with van der Waals surface area (Å²) in [5.74, 6) is 0.426. The Bertz CT molecular complexity index is 394. The molecule has 1 aromatic rings. The zero-order chi connectivity index (χ0) is 12.7. The molecule has 0 radical (unpaired) electrons. The van der Waals surface area contributed by atoms with Crippen molar-refractivity contribution in [2.45, 2.75) is 26.9 Å². The highest BCUT2D eigenvalue weighted by Gasteiger charge is 2.02. The van der Waals surface area contributed by atoms with Crippen molar-refractivity contribution in [2.75, 3.05) is 6.61 Å². The molecule has 0 saturated carbocycles. The highest BCUT2D eigenvalue weighted by atomic mass is 16.5. The van der Waals surface area contributed by atoms with Gasteiger partial charge in [-0.3, -0.25) is 0 Å². The lowest BCUT2D eigenvalue weighted by atomic mass is 10.2. The molecule has 92 valence electrons. The Morgan fingerprint density at radius 1 is 1.35 bits per heavy atom. The van der Waals surface area contributed by atoms with E-state index in [1.54, 1.807) is 6.08 Å². The smallest absolute Gasteiger partial charge is 0.331 e. The number of para-hydroxylation sites is 1. The summed E-state index contributed by atoms with van der Waals surface area (Å²) in [5.41, 5.74) is 0.870. The van der Waals surface area contributed by atoms with Crippen LogP contribution in [0.4, 0.5) is 0 Å². The van der Waals surface area contributed by atoms with E-state index in [0.717, 1.165) is 11.3 Å². The molecule has 3 heteroatoms. The normalized spacial score (nSPS) is 10.8. The fourth-order valence-corrected chi connectivity index (χ4v) is 1.33. The van der Waals surface area contributed by atoms with Crippen LogP contribution in [0.1, 0.15) is 26.3 Å². The summed E-state index contributed by atoms with van der Waals surface area (Å²) < 4.78 is 10.5. The molecule has 1 rings (SSSR count). The van der Waals surface area contributed by atoms with Crippen LogP contribution in [-0.2, 0) is 9.53 Å². The average molecular weight is 234 g/mol. The lowest BCUT2D eigenvalue weighted by Crippen LogP contribution is -2.08. The third kappa shape index (κ3) is 4.72. The molecule has 3 nitrogen and oxygen atoms in total. The summed E-state index contributed by atoms with van der Waals surface area (Å²) in [6.07, 6.45) is 3.02. The van der Waals surface area contributed by atoms with E-state index in [4.69, 9.17) is 9.47 Å². The van der Waals surface area contributed by atoms with Crippen LogP contribution < -0.4 is 4.74 Å². The standard InChI is InChI=1S/C14H18O3/c1-4-16-13-8-6-5-7-12(13)9-10-14(15)17-11(2)3/h5-11H,4H2,1-3H3. The number of benzene rings is 1. The fraction of sp³-hybridized carbons (Fsp3) is 0.357. The maximum atomic E-state index is 11.3. The Labute approximate surface area is 102 Å². The van der Waals surface area contributed by atoms with Gasteiger partial charge in [0.05, 0.1) is 12.7 Å². The third-order valence-electron chi connectivity index (χ3n) is 1.97. The van der Waals surface area contributed by atoms with Crippen LogP contribution in [0.25, 0.3) is 6.08 Å². The molecule has 0 atom stereocenters. The second kappa shape index (κ2) is 6.74. The molecule has 0 unspecified atom stereocenters. The van der Waals surface area contributed by atoms with E-state index in [-0.39, 0.29) is 12.1 Å². The van der Waals surface area contributed by atoms with E-state index in [1.165, 1.54) is 6.08 Å². The van der Waals surface area contributed by atoms with Gasteiger partial charge in [-0.25, -0.2) is 4.79 Å². The molecule has 0 saturated heterocycles. The van der Waals surface area contributed by atoms with Crippen molar-refractivity contribution in [1.29, 1.82) is 0 Å². The van der Waals surface area contributed by atoms with Gasteiger partial charge in [0, 0.05) is 11.6 Å². The summed E-state index contributed by atoms with van der Waals surface area (Å²) in [5, 5.41) is 0. The minimum Gasteiger partial charge on any atom is -0.493 e. The van der Waals surface area contributed by atoms with E-state index in [9.17, 15) is 4.79 Å². The third-order valence-corrected chi connectivity index (χ3v) is 1.97. The summed E-state index contributed by atoms with van der Waals surface area (Å²) >= 11 is 0. The molecule has 0 N–H and O–H groups in total. The highest BCUT2D eigenvalue weighted by molar-refractivity contribution is 5.87. The Morgan fingerprint density at radius 3 is 2.71 bits per heavy atom. The molecule has 0 bridgehead atoms. The van der Waals surface area contributed by atoms with Gasteiger partial charge in [0.1, 0.15) is 5.75 Å². The molecule has 0 amide bonds. The van der Waals surface area contributed by atoms with Crippen LogP contribution in [0.5, 0.6) is 5.75 Å². The first kappa shape index (κ1) is 13.3. The van der Waals surface area contributed by atoms with Gasteiger partial charge in [-0.1, -0.05) is 18.2 Å². The van der Waals surface area contributed by atoms with Crippen molar-refractivity contribution in [3.63, 3.8) is 0 Å². The summed E-state index contributed by atoms with van der Waals surface area (Å²) in [6.45, 7) is 6.16. The van der Waals surface area contributed by atoms with E-state index in [2.05, 4.69) is 0 Å². The number of carbonyl (C=O) groups excluding carboxylic acids is 1. The lowest BCUT2D eigenvalue weighted by Gasteiger charge is -2.07. The molecule has 1 aromatic carbocycles. The van der Waals surface area contributed by atoms with Gasteiger partial charge in [0.2, 0.25) is 0 Å². The average Bonchev–Trinajstić information content (AvgIpc) is 2.27. The van der Waals surface area contributed by atoms with Crippen LogP contribution in [0.15, 0.2) is 30.3 Å². The van der Waals surface area contributed by atoms with Crippen molar-refractivity contribution < 1.29 is 14.3 Å². The minimum atomic E-state index is -0.341. The van der Waals surface area contributed by atoms with Gasteiger partial charge in [0.15, 0.2) is 0 Å². The second-order valence-corrected chi connectivity index (χ2v) is 3.79. The highest BCUT2D eigenvalue weighted by Crippen LogP contribution is 2.19. The van der Waals surface area contributed by atoms with E-state index in [1.807, 2.05) is 45.0 Å². The molecular weight excluding hydrogens is 216 g/mol. The molecule has 0 heterocycles. The van der Waals surface area contributed by atoms with Crippen LogP contribution >= 0.6 is 0 Å². The molecule has 0 aromatic heterocycles. The van der Waals surface area contributed by atoms with Crippen LogP contribution in [0.2, 0.25) is 0 Å².